The molecule has 0 aromatic carbocycles. The molecule has 0 aliphatic rings. The van der Waals surface area contributed by atoms with Crippen molar-refractivity contribution in [1.29, 1.82) is 0 Å². The summed E-state index contributed by atoms with van der Waals surface area (Å²) in [7, 11) is 0. The molecule has 0 bridgehead atoms. The van der Waals surface area contributed by atoms with E-state index in [9.17, 15) is 0 Å². The molecule has 0 amide bonds. The molecular formula is C11H26N2S2. The highest BCUT2D eigenvalue weighted by Crippen LogP contribution is 2.04. The number of thioether (sulfide) groups is 2. The van der Waals surface area contributed by atoms with E-state index in [4.69, 9.17) is 5.73 Å². The summed E-state index contributed by atoms with van der Waals surface area (Å²) in [6.07, 6.45) is 1.13. The molecule has 0 spiro atoms. The summed E-state index contributed by atoms with van der Waals surface area (Å²) in [5, 5.41) is 0. The third-order valence-corrected chi connectivity index (χ3v) is 3.95. The van der Waals surface area contributed by atoms with E-state index in [0.717, 1.165) is 13.0 Å². The van der Waals surface area contributed by atoms with Crippen molar-refractivity contribution in [3.8, 4) is 0 Å². The smallest absolute Gasteiger partial charge is 0.00727 e. The van der Waals surface area contributed by atoms with Gasteiger partial charge in [0.1, 0.15) is 0 Å². The van der Waals surface area contributed by atoms with Crippen molar-refractivity contribution in [2.45, 2.75) is 20.3 Å². The molecule has 0 saturated carbocycles. The van der Waals surface area contributed by atoms with Crippen LogP contribution in [0.25, 0.3) is 0 Å². The number of hydrogen-bond acceptors (Lipinski definition) is 4. The van der Waals surface area contributed by atoms with Crippen molar-refractivity contribution in [3.63, 3.8) is 0 Å². The summed E-state index contributed by atoms with van der Waals surface area (Å²) in [6.45, 7) is 8.89. The quantitative estimate of drug-likeness (QED) is 0.569. The summed E-state index contributed by atoms with van der Waals surface area (Å²) < 4.78 is 0. The summed E-state index contributed by atoms with van der Waals surface area (Å²) in [5.41, 5.74) is 5.55. The molecule has 0 aromatic heterocycles. The first kappa shape index (κ1) is 15.6. The van der Waals surface area contributed by atoms with Gasteiger partial charge in [0.25, 0.3) is 0 Å². The molecule has 4 heteroatoms. The molecule has 0 heterocycles. The van der Waals surface area contributed by atoms with E-state index in [1.165, 1.54) is 42.6 Å². The third kappa shape index (κ3) is 10.9. The Balaban J connectivity index is 3.53. The summed E-state index contributed by atoms with van der Waals surface area (Å²) in [6, 6.07) is 0. The predicted molar refractivity (Wildman–Crippen MR) is 76.1 cm³/mol. The number of rotatable bonds is 11. The largest absolute Gasteiger partial charge is 0.330 e. The Morgan fingerprint density at radius 1 is 0.933 bits per heavy atom. The van der Waals surface area contributed by atoms with Gasteiger partial charge in [-0.25, -0.2) is 0 Å². The fourth-order valence-corrected chi connectivity index (χ4v) is 2.68. The monoisotopic (exact) mass is 250 g/mol. The van der Waals surface area contributed by atoms with Gasteiger partial charge in [-0.1, -0.05) is 13.8 Å². The summed E-state index contributed by atoms with van der Waals surface area (Å²) in [4.78, 5) is 2.55. The molecule has 92 valence electrons. The normalized spacial score (nSPS) is 11.2. The van der Waals surface area contributed by atoms with Crippen LogP contribution in [0.2, 0.25) is 0 Å². The highest BCUT2D eigenvalue weighted by molar-refractivity contribution is 7.99. The second-order valence-corrected chi connectivity index (χ2v) is 6.17. The van der Waals surface area contributed by atoms with Crippen LogP contribution in [0.1, 0.15) is 20.3 Å². The molecule has 0 aromatic rings. The topological polar surface area (TPSA) is 29.3 Å². The van der Waals surface area contributed by atoms with Crippen molar-refractivity contribution in [2.24, 2.45) is 5.73 Å². The van der Waals surface area contributed by atoms with Gasteiger partial charge in [0, 0.05) is 24.6 Å². The van der Waals surface area contributed by atoms with Gasteiger partial charge in [-0.15, -0.1) is 0 Å². The Bertz CT molecular complexity index is 113. The van der Waals surface area contributed by atoms with Crippen molar-refractivity contribution >= 4 is 23.5 Å². The lowest BCUT2D eigenvalue weighted by Gasteiger charge is -2.21. The van der Waals surface area contributed by atoms with Crippen molar-refractivity contribution in [1.82, 2.24) is 4.90 Å². The van der Waals surface area contributed by atoms with E-state index in [1.807, 2.05) is 23.5 Å². The van der Waals surface area contributed by atoms with Gasteiger partial charge in [-0.05, 0) is 31.0 Å². The van der Waals surface area contributed by atoms with Crippen LogP contribution in [-0.4, -0.2) is 54.1 Å². The van der Waals surface area contributed by atoms with Crippen molar-refractivity contribution in [2.75, 3.05) is 49.2 Å². The van der Waals surface area contributed by atoms with Gasteiger partial charge in [-0.2, -0.15) is 23.5 Å². The van der Waals surface area contributed by atoms with Gasteiger partial charge in [0.15, 0.2) is 0 Å². The summed E-state index contributed by atoms with van der Waals surface area (Å²) in [5.74, 6) is 4.98. The lowest BCUT2D eigenvalue weighted by molar-refractivity contribution is 0.307. The molecule has 2 nitrogen and oxygen atoms in total. The Kier molecular flexibility index (Phi) is 13.2. The molecule has 0 atom stereocenters. The SMILES string of the molecule is CCSCCN(CCCN)CCSCC. The fourth-order valence-electron chi connectivity index (χ4n) is 1.33. The molecule has 0 rings (SSSR count). The van der Waals surface area contributed by atoms with Gasteiger partial charge in [-0.3, -0.25) is 0 Å². The molecule has 2 N–H and O–H groups in total. The Hall–Kier alpha value is 0.620. The minimum atomic E-state index is 0.818. The van der Waals surface area contributed by atoms with Gasteiger partial charge >= 0.3 is 0 Å². The first-order valence-corrected chi connectivity index (χ1v) is 8.24. The molecule has 0 saturated heterocycles. The van der Waals surface area contributed by atoms with Crippen molar-refractivity contribution < 1.29 is 0 Å². The highest BCUT2D eigenvalue weighted by Gasteiger charge is 2.03. The van der Waals surface area contributed by atoms with E-state index in [-0.39, 0.29) is 0 Å². The second-order valence-electron chi connectivity index (χ2n) is 3.38. The summed E-state index contributed by atoms with van der Waals surface area (Å²) >= 11 is 4.06. The number of nitrogens with two attached hydrogens (primary N) is 1. The van der Waals surface area contributed by atoms with E-state index in [1.54, 1.807) is 0 Å². The lowest BCUT2D eigenvalue weighted by atomic mass is 10.4. The Morgan fingerprint density at radius 2 is 1.47 bits per heavy atom. The Morgan fingerprint density at radius 3 is 1.87 bits per heavy atom. The maximum atomic E-state index is 5.55. The van der Waals surface area contributed by atoms with Crippen LogP contribution in [-0.2, 0) is 0 Å². The number of hydrogen-bond donors (Lipinski definition) is 1. The van der Waals surface area contributed by atoms with Crippen LogP contribution in [0.3, 0.4) is 0 Å². The van der Waals surface area contributed by atoms with Crippen LogP contribution in [0.4, 0.5) is 0 Å². The van der Waals surface area contributed by atoms with Gasteiger partial charge in [0.2, 0.25) is 0 Å². The van der Waals surface area contributed by atoms with Crippen LogP contribution >= 0.6 is 23.5 Å². The van der Waals surface area contributed by atoms with Crippen LogP contribution < -0.4 is 5.73 Å². The van der Waals surface area contributed by atoms with E-state index < -0.39 is 0 Å². The van der Waals surface area contributed by atoms with Gasteiger partial charge < -0.3 is 10.6 Å². The second kappa shape index (κ2) is 12.7. The standard InChI is InChI=1S/C11H26N2S2/c1-3-14-10-8-13(7-5-6-12)9-11-15-4-2/h3-12H2,1-2H3. The maximum absolute atomic E-state index is 5.55. The van der Waals surface area contributed by atoms with E-state index in [0.29, 0.717) is 0 Å². The molecule has 15 heavy (non-hydrogen) atoms. The average molecular weight is 250 g/mol. The maximum Gasteiger partial charge on any atom is 0.00727 e. The van der Waals surface area contributed by atoms with Crippen LogP contribution in [0, 0.1) is 0 Å². The Labute approximate surface area is 104 Å². The van der Waals surface area contributed by atoms with Gasteiger partial charge in [0.05, 0.1) is 0 Å². The molecule has 0 unspecified atom stereocenters. The average Bonchev–Trinajstić information content (AvgIpc) is 2.25. The zero-order valence-corrected chi connectivity index (χ0v) is 11.8. The lowest BCUT2D eigenvalue weighted by Crippen LogP contribution is -2.31. The molecule has 0 aliphatic carbocycles. The molecule has 0 aliphatic heterocycles. The molecular weight excluding hydrogens is 224 g/mol. The fraction of sp³-hybridized carbons (Fsp3) is 1.00. The minimum Gasteiger partial charge on any atom is -0.330 e. The van der Waals surface area contributed by atoms with Crippen LogP contribution in [0.15, 0.2) is 0 Å². The van der Waals surface area contributed by atoms with Crippen LogP contribution in [0.5, 0.6) is 0 Å². The number of nitrogens with zero attached hydrogens (tertiary/aromatic N) is 1. The zero-order chi connectivity index (χ0) is 11.4. The third-order valence-electron chi connectivity index (χ3n) is 2.19. The predicted octanol–water partition coefficient (Wildman–Crippen LogP) is 2.14. The first-order valence-electron chi connectivity index (χ1n) is 5.93. The zero-order valence-electron chi connectivity index (χ0n) is 10.2. The molecule has 0 radical (unpaired) electrons. The van der Waals surface area contributed by atoms with E-state index in [2.05, 4.69) is 18.7 Å². The minimum absolute atomic E-state index is 0.818. The first-order chi connectivity index (χ1) is 7.35. The van der Waals surface area contributed by atoms with Crippen molar-refractivity contribution in [3.05, 3.63) is 0 Å². The van der Waals surface area contributed by atoms with E-state index >= 15 is 0 Å². The highest BCUT2D eigenvalue weighted by atomic mass is 32.2. The molecule has 0 fully saturated rings.